The number of ether oxygens (including phenoxy) is 1. The van der Waals surface area contributed by atoms with Crippen molar-refractivity contribution in [2.75, 3.05) is 37.0 Å². The third kappa shape index (κ3) is 4.48. The Morgan fingerprint density at radius 3 is 2.92 bits per heavy atom. The van der Waals surface area contributed by atoms with Crippen molar-refractivity contribution in [3.05, 3.63) is 47.3 Å². The lowest BCUT2D eigenvalue weighted by molar-refractivity contribution is 0.0692. The van der Waals surface area contributed by atoms with Gasteiger partial charge in [0, 0.05) is 56.1 Å². The van der Waals surface area contributed by atoms with Gasteiger partial charge >= 0.3 is 0 Å². The number of nitriles is 1. The Morgan fingerprint density at radius 2 is 2.17 bits per heavy atom. The largest absolute Gasteiger partial charge is 0.395 e. The van der Waals surface area contributed by atoms with E-state index in [9.17, 15) is 15.2 Å². The molecule has 1 fully saturated rings. The molecule has 1 amide bonds. The summed E-state index contributed by atoms with van der Waals surface area (Å²) in [5.74, 6) is 0.557. The van der Waals surface area contributed by atoms with Crippen molar-refractivity contribution >= 4 is 23.4 Å². The van der Waals surface area contributed by atoms with E-state index in [0.717, 1.165) is 29.7 Å². The highest BCUT2D eigenvalue weighted by molar-refractivity contribution is 5.93. The first kappa shape index (κ1) is 23.7. The summed E-state index contributed by atoms with van der Waals surface area (Å²) < 4.78 is 6.87. The molecule has 36 heavy (non-hydrogen) atoms. The number of aromatic nitrogens is 4. The van der Waals surface area contributed by atoms with E-state index in [2.05, 4.69) is 37.1 Å². The highest BCUT2D eigenvalue weighted by atomic mass is 16.5. The molecule has 0 radical (unpaired) electrons. The highest BCUT2D eigenvalue weighted by Gasteiger charge is 2.36. The minimum absolute atomic E-state index is 0.0397. The molecule has 3 aromatic rings. The van der Waals surface area contributed by atoms with E-state index in [1.165, 1.54) is 4.68 Å². The van der Waals surface area contributed by atoms with Gasteiger partial charge in [-0.3, -0.25) is 9.48 Å². The zero-order valence-corrected chi connectivity index (χ0v) is 20.2. The monoisotopic (exact) mass is 488 g/mol. The van der Waals surface area contributed by atoms with Gasteiger partial charge in [0.05, 0.1) is 23.6 Å². The standard InChI is InChI=1S/C25H28N8O3/c1-25(14-34)13-28-22-16(12-26)9-15(10-18(22)25)19-3-6-27-24(30-19)31-21-11-20(33(2)32-21)23(35)29-17-4-7-36-8-5-17/h3,6,9-11,17,28,34H,4-5,7-8,13-14H2,1-2H3,(H,29,35)(H,27,30,31,32). The molecule has 4 N–H and O–H groups in total. The summed E-state index contributed by atoms with van der Waals surface area (Å²) in [6.45, 7) is 3.76. The lowest BCUT2D eigenvalue weighted by atomic mass is 9.83. The highest BCUT2D eigenvalue weighted by Crippen LogP contribution is 2.41. The summed E-state index contributed by atoms with van der Waals surface area (Å²) in [5, 5.41) is 33.4. The summed E-state index contributed by atoms with van der Waals surface area (Å²) in [7, 11) is 1.71. The zero-order chi connectivity index (χ0) is 25.3. The Hall–Kier alpha value is -4.01. The number of carbonyl (C=O) groups is 1. The van der Waals surface area contributed by atoms with Crippen molar-refractivity contribution in [2.45, 2.75) is 31.2 Å². The van der Waals surface area contributed by atoms with Crippen LogP contribution in [0.25, 0.3) is 11.3 Å². The Labute approximate surface area is 208 Å². The van der Waals surface area contributed by atoms with Crippen molar-refractivity contribution in [3.8, 4) is 17.3 Å². The molecule has 4 heterocycles. The van der Waals surface area contributed by atoms with Crippen LogP contribution in [0.5, 0.6) is 0 Å². The summed E-state index contributed by atoms with van der Waals surface area (Å²) >= 11 is 0. The number of carbonyl (C=O) groups excluding carboxylic acids is 1. The first-order chi connectivity index (χ1) is 17.4. The molecule has 0 bridgehead atoms. The zero-order valence-electron chi connectivity index (χ0n) is 20.2. The molecule has 5 rings (SSSR count). The van der Waals surface area contributed by atoms with Crippen LogP contribution < -0.4 is 16.0 Å². The molecule has 1 unspecified atom stereocenters. The molecule has 2 aromatic heterocycles. The average molecular weight is 489 g/mol. The van der Waals surface area contributed by atoms with Crippen LogP contribution in [-0.4, -0.2) is 63.2 Å². The van der Waals surface area contributed by atoms with Crippen LogP contribution in [-0.2, 0) is 17.2 Å². The molecule has 186 valence electrons. The third-order valence-electron chi connectivity index (χ3n) is 6.77. The van der Waals surface area contributed by atoms with Gasteiger partial charge in [-0.1, -0.05) is 6.92 Å². The summed E-state index contributed by atoms with van der Waals surface area (Å²) in [6.07, 6.45) is 3.20. The van der Waals surface area contributed by atoms with Crippen LogP contribution in [0, 0.1) is 11.3 Å². The van der Waals surface area contributed by atoms with Gasteiger partial charge in [0.15, 0.2) is 5.82 Å². The molecule has 1 atom stereocenters. The molecule has 1 aromatic carbocycles. The molecule has 2 aliphatic heterocycles. The second kappa shape index (κ2) is 9.56. The second-order valence-corrected chi connectivity index (χ2v) is 9.42. The molecule has 1 saturated heterocycles. The van der Waals surface area contributed by atoms with Gasteiger partial charge in [0.2, 0.25) is 5.95 Å². The van der Waals surface area contributed by atoms with E-state index < -0.39 is 5.41 Å². The van der Waals surface area contributed by atoms with E-state index in [0.29, 0.717) is 48.5 Å². The summed E-state index contributed by atoms with van der Waals surface area (Å²) in [6, 6.07) is 9.49. The van der Waals surface area contributed by atoms with Crippen molar-refractivity contribution in [3.63, 3.8) is 0 Å². The van der Waals surface area contributed by atoms with Crippen molar-refractivity contribution in [1.82, 2.24) is 25.1 Å². The van der Waals surface area contributed by atoms with Crippen LogP contribution in [0.15, 0.2) is 30.5 Å². The van der Waals surface area contributed by atoms with Gasteiger partial charge in [-0.05, 0) is 36.6 Å². The van der Waals surface area contributed by atoms with Crippen LogP contribution in [0.1, 0.15) is 41.4 Å². The van der Waals surface area contributed by atoms with Gasteiger partial charge < -0.3 is 25.8 Å². The molecule has 0 saturated carbocycles. The van der Waals surface area contributed by atoms with Gasteiger partial charge in [0.1, 0.15) is 11.8 Å². The van der Waals surface area contributed by atoms with Crippen LogP contribution >= 0.6 is 0 Å². The molecule has 0 spiro atoms. The fraction of sp³-hybridized carbons (Fsp3) is 0.400. The lowest BCUT2D eigenvalue weighted by Gasteiger charge is -2.22. The molecule has 0 aliphatic carbocycles. The number of nitrogens with one attached hydrogen (secondary N) is 3. The van der Waals surface area contributed by atoms with Crippen molar-refractivity contribution in [1.29, 1.82) is 5.26 Å². The van der Waals surface area contributed by atoms with Crippen LogP contribution in [0.3, 0.4) is 0 Å². The number of amides is 1. The number of benzene rings is 1. The predicted molar refractivity (Wildman–Crippen MR) is 133 cm³/mol. The topological polar surface area (TPSA) is 150 Å². The molecule has 2 aliphatic rings. The maximum absolute atomic E-state index is 12.7. The summed E-state index contributed by atoms with van der Waals surface area (Å²) in [4.78, 5) is 21.7. The predicted octanol–water partition coefficient (Wildman–Crippen LogP) is 2.08. The van der Waals surface area contributed by atoms with E-state index >= 15 is 0 Å². The first-order valence-corrected chi connectivity index (χ1v) is 11.9. The SMILES string of the molecule is Cn1nc(Nc2nccc(-c3cc(C#N)c4c(c3)C(C)(CO)CN4)n2)cc1C(=O)NC1CCOCC1. The fourth-order valence-electron chi connectivity index (χ4n) is 4.60. The van der Waals surface area contributed by atoms with Crippen molar-refractivity contribution in [2.24, 2.45) is 7.05 Å². The van der Waals surface area contributed by atoms with E-state index in [4.69, 9.17) is 4.74 Å². The summed E-state index contributed by atoms with van der Waals surface area (Å²) in [5.41, 5.74) is 3.44. The minimum Gasteiger partial charge on any atom is -0.395 e. The number of hydrogen-bond acceptors (Lipinski definition) is 9. The Bertz CT molecular complexity index is 1340. The van der Waals surface area contributed by atoms with Gasteiger partial charge in [-0.2, -0.15) is 10.4 Å². The normalized spacial score (nSPS) is 19.3. The fourth-order valence-corrected chi connectivity index (χ4v) is 4.60. The molecule has 11 nitrogen and oxygen atoms in total. The first-order valence-electron chi connectivity index (χ1n) is 11.9. The molecular weight excluding hydrogens is 460 g/mol. The number of anilines is 3. The second-order valence-electron chi connectivity index (χ2n) is 9.42. The maximum atomic E-state index is 12.7. The van der Waals surface area contributed by atoms with Gasteiger partial charge in [-0.25, -0.2) is 9.97 Å². The Morgan fingerprint density at radius 1 is 1.36 bits per heavy atom. The van der Waals surface area contributed by atoms with E-state index in [1.807, 2.05) is 13.0 Å². The quantitative estimate of drug-likeness (QED) is 0.409. The van der Waals surface area contributed by atoms with Crippen molar-refractivity contribution < 1.29 is 14.6 Å². The Balaban J connectivity index is 1.38. The number of rotatable bonds is 6. The van der Waals surface area contributed by atoms with Gasteiger partial charge in [0.25, 0.3) is 5.91 Å². The Kier molecular flexibility index (Phi) is 6.30. The third-order valence-corrected chi connectivity index (χ3v) is 6.77. The molecule has 11 heteroatoms. The number of aliphatic hydroxyl groups is 1. The number of hydrogen-bond donors (Lipinski definition) is 4. The average Bonchev–Trinajstić information content (AvgIpc) is 3.44. The molecular formula is C25H28N8O3. The minimum atomic E-state index is -0.485. The number of aryl methyl sites for hydroxylation is 1. The maximum Gasteiger partial charge on any atom is 0.269 e. The number of aliphatic hydroxyl groups excluding tert-OH is 1. The lowest BCUT2D eigenvalue weighted by Crippen LogP contribution is -2.39. The van der Waals surface area contributed by atoms with Crippen LogP contribution in [0.4, 0.5) is 17.5 Å². The van der Waals surface area contributed by atoms with E-state index in [1.54, 1.807) is 31.4 Å². The number of nitrogens with zero attached hydrogens (tertiary/aromatic N) is 5. The van der Waals surface area contributed by atoms with E-state index in [-0.39, 0.29) is 18.6 Å². The van der Waals surface area contributed by atoms with Crippen LogP contribution in [0.2, 0.25) is 0 Å². The number of fused-ring (bicyclic) bond motifs is 1. The van der Waals surface area contributed by atoms with Gasteiger partial charge in [-0.15, -0.1) is 0 Å². The smallest absolute Gasteiger partial charge is 0.269 e.